The molecular weight excluding hydrogens is 164 g/mol. The SMILES string of the molecule is CC(C)(C)OC1CSSC1. The third-order valence-electron chi connectivity index (χ3n) is 1.11. The Labute approximate surface area is 70.7 Å². The third kappa shape index (κ3) is 3.17. The van der Waals surface area contributed by atoms with Gasteiger partial charge in [-0.05, 0) is 20.8 Å². The minimum absolute atomic E-state index is 0.0378. The maximum absolute atomic E-state index is 5.76. The lowest BCUT2D eigenvalue weighted by atomic mass is 10.2. The summed E-state index contributed by atoms with van der Waals surface area (Å²) in [6, 6.07) is 0. The molecule has 3 heteroatoms. The Hall–Kier alpha value is 0.660. The molecule has 0 N–H and O–H groups in total. The fourth-order valence-electron chi connectivity index (χ4n) is 0.864. The van der Waals surface area contributed by atoms with E-state index in [4.69, 9.17) is 4.74 Å². The van der Waals surface area contributed by atoms with Crippen molar-refractivity contribution in [1.82, 2.24) is 0 Å². The molecule has 0 spiro atoms. The number of hydrogen-bond donors (Lipinski definition) is 0. The minimum atomic E-state index is 0.0378. The van der Waals surface area contributed by atoms with Crippen LogP contribution in [0, 0.1) is 0 Å². The van der Waals surface area contributed by atoms with Gasteiger partial charge in [0.05, 0.1) is 11.7 Å². The van der Waals surface area contributed by atoms with Gasteiger partial charge in [0.25, 0.3) is 0 Å². The van der Waals surface area contributed by atoms with Crippen LogP contribution in [0.4, 0.5) is 0 Å². The van der Waals surface area contributed by atoms with Gasteiger partial charge < -0.3 is 4.74 Å². The smallest absolute Gasteiger partial charge is 0.0779 e. The fourth-order valence-corrected chi connectivity index (χ4v) is 3.37. The highest BCUT2D eigenvalue weighted by atomic mass is 33.1. The Balaban J connectivity index is 2.24. The monoisotopic (exact) mass is 178 g/mol. The molecule has 0 aromatic rings. The summed E-state index contributed by atoms with van der Waals surface area (Å²) in [7, 11) is 3.83. The van der Waals surface area contributed by atoms with E-state index in [9.17, 15) is 0 Å². The molecular formula is C7H14OS2. The Morgan fingerprint density at radius 3 is 2.10 bits per heavy atom. The van der Waals surface area contributed by atoms with E-state index in [0.29, 0.717) is 6.10 Å². The van der Waals surface area contributed by atoms with Crippen LogP contribution >= 0.6 is 21.6 Å². The van der Waals surface area contributed by atoms with Gasteiger partial charge >= 0.3 is 0 Å². The van der Waals surface area contributed by atoms with Crippen LogP contribution in [0.3, 0.4) is 0 Å². The van der Waals surface area contributed by atoms with Crippen LogP contribution in [0.25, 0.3) is 0 Å². The maximum atomic E-state index is 5.76. The predicted molar refractivity (Wildman–Crippen MR) is 49.5 cm³/mol. The highest BCUT2D eigenvalue weighted by molar-refractivity contribution is 8.77. The number of hydrogen-bond acceptors (Lipinski definition) is 3. The van der Waals surface area contributed by atoms with Crippen LogP contribution in [0.15, 0.2) is 0 Å². The fraction of sp³-hybridized carbons (Fsp3) is 1.00. The standard InChI is InChI=1S/C7H14OS2/c1-7(2,3)8-6-4-9-10-5-6/h6H,4-5H2,1-3H3. The average Bonchev–Trinajstić information content (AvgIpc) is 2.12. The van der Waals surface area contributed by atoms with Crippen molar-refractivity contribution in [2.24, 2.45) is 0 Å². The van der Waals surface area contributed by atoms with Crippen LogP contribution in [-0.4, -0.2) is 23.2 Å². The van der Waals surface area contributed by atoms with E-state index < -0.39 is 0 Å². The summed E-state index contributed by atoms with van der Waals surface area (Å²) in [6.45, 7) is 6.34. The van der Waals surface area contributed by atoms with Crippen molar-refractivity contribution in [1.29, 1.82) is 0 Å². The van der Waals surface area contributed by atoms with Gasteiger partial charge in [0, 0.05) is 11.5 Å². The minimum Gasteiger partial charge on any atom is -0.371 e. The molecule has 0 bridgehead atoms. The molecule has 1 saturated heterocycles. The summed E-state index contributed by atoms with van der Waals surface area (Å²) in [5, 5.41) is 0. The van der Waals surface area contributed by atoms with Gasteiger partial charge in [-0.25, -0.2) is 0 Å². The molecule has 10 heavy (non-hydrogen) atoms. The van der Waals surface area contributed by atoms with Crippen LogP contribution in [-0.2, 0) is 4.74 Å². The molecule has 1 aliphatic heterocycles. The normalized spacial score (nSPS) is 21.9. The lowest BCUT2D eigenvalue weighted by Gasteiger charge is -2.23. The van der Waals surface area contributed by atoms with E-state index in [0.717, 1.165) is 11.5 Å². The van der Waals surface area contributed by atoms with Crippen LogP contribution in [0.5, 0.6) is 0 Å². The molecule has 0 amide bonds. The van der Waals surface area contributed by atoms with Crippen molar-refractivity contribution in [2.75, 3.05) is 11.5 Å². The van der Waals surface area contributed by atoms with Gasteiger partial charge in [-0.1, -0.05) is 21.6 Å². The van der Waals surface area contributed by atoms with Gasteiger partial charge in [0.2, 0.25) is 0 Å². The molecule has 0 radical (unpaired) electrons. The molecule has 1 fully saturated rings. The van der Waals surface area contributed by atoms with E-state index in [2.05, 4.69) is 20.8 Å². The zero-order valence-corrected chi connectivity index (χ0v) is 8.35. The zero-order chi connectivity index (χ0) is 7.61. The first-order valence-corrected chi connectivity index (χ1v) is 5.99. The molecule has 0 unspecified atom stereocenters. The van der Waals surface area contributed by atoms with E-state index in [1.165, 1.54) is 0 Å². The maximum Gasteiger partial charge on any atom is 0.0779 e. The summed E-state index contributed by atoms with van der Waals surface area (Å²) < 4.78 is 5.76. The second-order valence-electron chi connectivity index (χ2n) is 3.42. The highest BCUT2D eigenvalue weighted by Gasteiger charge is 2.22. The van der Waals surface area contributed by atoms with Crippen LogP contribution < -0.4 is 0 Å². The van der Waals surface area contributed by atoms with Gasteiger partial charge in [0.15, 0.2) is 0 Å². The Kier molecular flexibility index (Phi) is 2.95. The van der Waals surface area contributed by atoms with E-state index in [-0.39, 0.29) is 5.60 Å². The van der Waals surface area contributed by atoms with Gasteiger partial charge in [-0.3, -0.25) is 0 Å². The second-order valence-corrected chi connectivity index (χ2v) is 5.97. The molecule has 1 heterocycles. The van der Waals surface area contributed by atoms with E-state index in [1.54, 1.807) is 0 Å². The quantitative estimate of drug-likeness (QED) is 0.571. The van der Waals surface area contributed by atoms with Crippen molar-refractivity contribution in [3.8, 4) is 0 Å². The van der Waals surface area contributed by atoms with Crippen LogP contribution in [0.1, 0.15) is 20.8 Å². The predicted octanol–water partition coefficient (Wildman–Crippen LogP) is 2.57. The van der Waals surface area contributed by atoms with Crippen molar-refractivity contribution >= 4 is 21.6 Å². The number of rotatable bonds is 1. The highest BCUT2D eigenvalue weighted by Crippen LogP contribution is 2.33. The van der Waals surface area contributed by atoms with Gasteiger partial charge in [-0.15, -0.1) is 0 Å². The molecule has 60 valence electrons. The van der Waals surface area contributed by atoms with E-state index in [1.807, 2.05) is 21.6 Å². The summed E-state index contributed by atoms with van der Waals surface area (Å²) in [5.74, 6) is 2.31. The zero-order valence-electron chi connectivity index (χ0n) is 6.72. The Morgan fingerprint density at radius 2 is 1.70 bits per heavy atom. The van der Waals surface area contributed by atoms with Gasteiger partial charge in [-0.2, -0.15) is 0 Å². The Morgan fingerprint density at radius 1 is 1.20 bits per heavy atom. The first kappa shape index (κ1) is 8.75. The van der Waals surface area contributed by atoms with Crippen LogP contribution in [0.2, 0.25) is 0 Å². The van der Waals surface area contributed by atoms with Crippen molar-refractivity contribution in [2.45, 2.75) is 32.5 Å². The Bertz CT molecular complexity index is 103. The van der Waals surface area contributed by atoms with Crippen molar-refractivity contribution < 1.29 is 4.74 Å². The largest absolute Gasteiger partial charge is 0.371 e. The van der Waals surface area contributed by atoms with Crippen molar-refractivity contribution in [3.63, 3.8) is 0 Å². The molecule has 0 aromatic heterocycles. The lowest BCUT2D eigenvalue weighted by Crippen LogP contribution is -2.28. The molecule has 1 nitrogen and oxygen atoms in total. The molecule has 0 atom stereocenters. The second kappa shape index (κ2) is 3.37. The molecule has 0 aliphatic carbocycles. The summed E-state index contributed by atoms with van der Waals surface area (Å²) >= 11 is 0. The average molecular weight is 178 g/mol. The molecule has 0 aromatic carbocycles. The lowest BCUT2D eigenvalue weighted by molar-refractivity contribution is -0.0373. The summed E-state index contributed by atoms with van der Waals surface area (Å²) in [5.41, 5.74) is 0.0378. The van der Waals surface area contributed by atoms with Crippen molar-refractivity contribution in [3.05, 3.63) is 0 Å². The van der Waals surface area contributed by atoms with Gasteiger partial charge in [0.1, 0.15) is 0 Å². The molecule has 1 rings (SSSR count). The first-order chi connectivity index (χ1) is 4.58. The topological polar surface area (TPSA) is 9.23 Å². The number of ether oxygens (including phenoxy) is 1. The third-order valence-corrected chi connectivity index (χ3v) is 3.61. The molecule has 1 aliphatic rings. The van der Waals surface area contributed by atoms with E-state index >= 15 is 0 Å². The summed E-state index contributed by atoms with van der Waals surface area (Å²) in [6.07, 6.45) is 0.481. The summed E-state index contributed by atoms with van der Waals surface area (Å²) in [4.78, 5) is 0. The first-order valence-electron chi connectivity index (χ1n) is 3.50. The molecule has 0 saturated carbocycles.